The van der Waals surface area contributed by atoms with E-state index in [0.29, 0.717) is 12.1 Å². The summed E-state index contributed by atoms with van der Waals surface area (Å²) in [5, 5.41) is 6.06. The van der Waals surface area contributed by atoms with Crippen molar-refractivity contribution in [3.8, 4) is 11.1 Å². The van der Waals surface area contributed by atoms with Gasteiger partial charge in [-0.2, -0.15) is 0 Å². The van der Waals surface area contributed by atoms with Gasteiger partial charge in [-0.05, 0) is 48.2 Å². The molecular formula is C26H27N3O2. The SMILES string of the molecule is O=C(CN1CCC(NC(=O)c2ccc(-c3ccccc3)cc2)CC1)Nc1ccccc1. The molecule has 158 valence electrons. The Morgan fingerprint density at radius 3 is 2.00 bits per heavy atom. The summed E-state index contributed by atoms with van der Waals surface area (Å²) in [6, 6.07) is 27.5. The number of likely N-dealkylation sites (tertiary alicyclic amines) is 1. The van der Waals surface area contributed by atoms with Crippen LogP contribution in [0, 0.1) is 0 Å². The lowest BCUT2D eigenvalue weighted by atomic mass is 10.0. The third kappa shape index (κ3) is 5.80. The van der Waals surface area contributed by atoms with Crippen molar-refractivity contribution < 1.29 is 9.59 Å². The van der Waals surface area contributed by atoms with Gasteiger partial charge in [-0.3, -0.25) is 14.5 Å². The maximum atomic E-state index is 12.6. The third-order valence-electron chi connectivity index (χ3n) is 5.60. The lowest BCUT2D eigenvalue weighted by Crippen LogP contribution is -2.46. The first kappa shape index (κ1) is 20.8. The highest BCUT2D eigenvalue weighted by atomic mass is 16.2. The number of carbonyl (C=O) groups is 2. The summed E-state index contributed by atoms with van der Waals surface area (Å²) >= 11 is 0. The molecule has 1 aliphatic rings. The maximum Gasteiger partial charge on any atom is 0.251 e. The smallest absolute Gasteiger partial charge is 0.251 e. The van der Waals surface area contributed by atoms with E-state index in [1.165, 1.54) is 0 Å². The number of carbonyl (C=O) groups excluding carboxylic acids is 2. The van der Waals surface area contributed by atoms with Crippen LogP contribution >= 0.6 is 0 Å². The molecule has 0 bridgehead atoms. The van der Waals surface area contributed by atoms with E-state index in [9.17, 15) is 9.59 Å². The monoisotopic (exact) mass is 413 g/mol. The number of amides is 2. The molecule has 1 saturated heterocycles. The highest BCUT2D eigenvalue weighted by molar-refractivity contribution is 5.95. The number of rotatable bonds is 6. The number of para-hydroxylation sites is 1. The first-order valence-corrected chi connectivity index (χ1v) is 10.7. The lowest BCUT2D eigenvalue weighted by Gasteiger charge is -2.31. The Morgan fingerprint density at radius 2 is 1.35 bits per heavy atom. The molecule has 0 aromatic heterocycles. The topological polar surface area (TPSA) is 61.4 Å². The molecule has 5 nitrogen and oxygen atoms in total. The second kappa shape index (κ2) is 10.0. The molecule has 2 amide bonds. The van der Waals surface area contributed by atoms with Crippen LogP contribution in [0.2, 0.25) is 0 Å². The van der Waals surface area contributed by atoms with Crippen molar-refractivity contribution in [2.75, 3.05) is 25.0 Å². The summed E-state index contributed by atoms with van der Waals surface area (Å²) in [4.78, 5) is 27.0. The van der Waals surface area contributed by atoms with E-state index in [-0.39, 0.29) is 17.9 Å². The summed E-state index contributed by atoms with van der Waals surface area (Å²) in [5.74, 6) is -0.0490. The zero-order valence-electron chi connectivity index (χ0n) is 17.5. The minimum absolute atomic E-state index is 0.00723. The van der Waals surface area contributed by atoms with Gasteiger partial charge in [0.1, 0.15) is 0 Å². The van der Waals surface area contributed by atoms with E-state index < -0.39 is 0 Å². The Labute approximate surface area is 183 Å². The van der Waals surface area contributed by atoms with Crippen LogP contribution in [-0.4, -0.2) is 42.4 Å². The fourth-order valence-corrected chi connectivity index (χ4v) is 3.87. The van der Waals surface area contributed by atoms with Crippen molar-refractivity contribution in [1.29, 1.82) is 0 Å². The van der Waals surface area contributed by atoms with E-state index >= 15 is 0 Å². The van der Waals surface area contributed by atoms with Gasteiger partial charge in [-0.1, -0.05) is 60.7 Å². The van der Waals surface area contributed by atoms with Crippen LogP contribution in [-0.2, 0) is 4.79 Å². The second-order valence-electron chi connectivity index (χ2n) is 7.88. The Bertz CT molecular complexity index is 996. The summed E-state index contributed by atoms with van der Waals surface area (Å²) in [7, 11) is 0. The molecule has 5 heteroatoms. The molecule has 4 rings (SSSR count). The van der Waals surface area contributed by atoms with E-state index in [0.717, 1.165) is 42.7 Å². The molecule has 3 aromatic carbocycles. The Kier molecular flexibility index (Phi) is 6.75. The number of nitrogens with zero attached hydrogens (tertiary/aromatic N) is 1. The standard InChI is InChI=1S/C26H27N3O2/c30-25(27-23-9-5-2-6-10-23)19-29-17-15-24(16-18-29)28-26(31)22-13-11-21(12-14-22)20-7-3-1-4-8-20/h1-14,24H,15-19H2,(H,27,30)(H,28,31). The fourth-order valence-electron chi connectivity index (χ4n) is 3.87. The Morgan fingerprint density at radius 1 is 0.774 bits per heavy atom. The first-order chi connectivity index (χ1) is 15.2. The maximum absolute atomic E-state index is 12.6. The first-order valence-electron chi connectivity index (χ1n) is 10.7. The Hall–Kier alpha value is -3.44. The highest BCUT2D eigenvalue weighted by Gasteiger charge is 2.22. The summed E-state index contributed by atoms with van der Waals surface area (Å²) in [6.45, 7) is 1.96. The van der Waals surface area contributed by atoms with Crippen molar-refractivity contribution in [3.63, 3.8) is 0 Å². The second-order valence-corrected chi connectivity index (χ2v) is 7.88. The van der Waals surface area contributed by atoms with Crippen molar-refractivity contribution in [2.45, 2.75) is 18.9 Å². The lowest BCUT2D eigenvalue weighted by molar-refractivity contribution is -0.117. The average Bonchev–Trinajstić information content (AvgIpc) is 2.81. The summed E-state index contributed by atoms with van der Waals surface area (Å²) < 4.78 is 0. The number of nitrogens with one attached hydrogen (secondary N) is 2. The average molecular weight is 414 g/mol. The third-order valence-corrected chi connectivity index (χ3v) is 5.60. The van der Waals surface area contributed by atoms with Gasteiger partial charge in [-0.25, -0.2) is 0 Å². The van der Waals surface area contributed by atoms with Crippen LogP contribution in [0.1, 0.15) is 23.2 Å². The highest BCUT2D eigenvalue weighted by Crippen LogP contribution is 2.19. The minimum Gasteiger partial charge on any atom is -0.349 e. The van der Waals surface area contributed by atoms with Gasteiger partial charge >= 0.3 is 0 Å². The molecule has 0 unspecified atom stereocenters. The predicted molar refractivity (Wildman–Crippen MR) is 124 cm³/mol. The van der Waals surface area contributed by atoms with Crippen LogP contribution < -0.4 is 10.6 Å². The van der Waals surface area contributed by atoms with Gasteiger partial charge in [0.2, 0.25) is 5.91 Å². The molecule has 0 saturated carbocycles. The van der Waals surface area contributed by atoms with Crippen LogP contribution in [0.15, 0.2) is 84.9 Å². The van der Waals surface area contributed by atoms with Gasteiger partial charge in [-0.15, -0.1) is 0 Å². The number of hydrogen-bond donors (Lipinski definition) is 2. The molecule has 31 heavy (non-hydrogen) atoms. The van der Waals surface area contributed by atoms with Crippen molar-refractivity contribution >= 4 is 17.5 Å². The predicted octanol–water partition coefficient (Wildman–Crippen LogP) is 4.19. The molecule has 1 aliphatic heterocycles. The molecular weight excluding hydrogens is 386 g/mol. The van der Waals surface area contributed by atoms with Crippen molar-refractivity contribution in [3.05, 3.63) is 90.5 Å². The molecule has 0 aliphatic carbocycles. The molecule has 1 fully saturated rings. The van der Waals surface area contributed by atoms with Crippen LogP contribution in [0.4, 0.5) is 5.69 Å². The number of piperidine rings is 1. The van der Waals surface area contributed by atoms with E-state index in [2.05, 4.69) is 27.7 Å². The van der Waals surface area contributed by atoms with Gasteiger partial charge in [0.25, 0.3) is 5.91 Å². The van der Waals surface area contributed by atoms with E-state index in [4.69, 9.17) is 0 Å². The van der Waals surface area contributed by atoms with E-state index in [1.807, 2.05) is 72.8 Å². The summed E-state index contributed by atoms with van der Waals surface area (Å²) in [6.07, 6.45) is 1.68. The molecule has 0 spiro atoms. The molecule has 1 heterocycles. The normalized spacial score (nSPS) is 14.7. The molecule has 3 aromatic rings. The zero-order chi connectivity index (χ0) is 21.5. The molecule has 0 atom stereocenters. The van der Waals surface area contributed by atoms with Gasteiger partial charge < -0.3 is 10.6 Å². The zero-order valence-corrected chi connectivity index (χ0v) is 17.5. The Balaban J connectivity index is 1.23. The minimum atomic E-state index is -0.0418. The largest absolute Gasteiger partial charge is 0.349 e. The van der Waals surface area contributed by atoms with Crippen LogP contribution in [0.25, 0.3) is 11.1 Å². The quantitative estimate of drug-likeness (QED) is 0.637. The van der Waals surface area contributed by atoms with Crippen molar-refractivity contribution in [2.24, 2.45) is 0 Å². The van der Waals surface area contributed by atoms with E-state index in [1.54, 1.807) is 0 Å². The molecule has 0 radical (unpaired) electrons. The number of hydrogen-bond acceptors (Lipinski definition) is 3. The summed E-state index contributed by atoms with van der Waals surface area (Å²) in [5.41, 5.74) is 3.72. The van der Waals surface area contributed by atoms with Crippen LogP contribution in [0.5, 0.6) is 0 Å². The van der Waals surface area contributed by atoms with Gasteiger partial charge in [0.15, 0.2) is 0 Å². The van der Waals surface area contributed by atoms with Gasteiger partial charge in [0, 0.05) is 30.4 Å². The fraction of sp³-hybridized carbons (Fsp3) is 0.231. The molecule has 2 N–H and O–H groups in total. The number of anilines is 1. The van der Waals surface area contributed by atoms with Crippen LogP contribution in [0.3, 0.4) is 0 Å². The number of benzene rings is 3. The van der Waals surface area contributed by atoms with Gasteiger partial charge in [0.05, 0.1) is 6.54 Å². The van der Waals surface area contributed by atoms with Crippen molar-refractivity contribution in [1.82, 2.24) is 10.2 Å².